The maximum atomic E-state index is 12.1. The summed E-state index contributed by atoms with van der Waals surface area (Å²) in [4.78, 5) is 0.240. The second kappa shape index (κ2) is 7.06. The third kappa shape index (κ3) is 5.11. The summed E-state index contributed by atoms with van der Waals surface area (Å²) in [5.41, 5.74) is 5.28. The highest BCUT2D eigenvalue weighted by molar-refractivity contribution is 7.89. The largest absolute Gasteiger partial charge is 0.492 e. The highest BCUT2D eigenvalue weighted by Gasteiger charge is 2.20. The Balaban J connectivity index is 2.73. The lowest BCUT2D eigenvalue weighted by molar-refractivity contribution is 0.328. The van der Waals surface area contributed by atoms with Gasteiger partial charge < -0.3 is 10.5 Å². The number of nitrogens with one attached hydrogen (secondary N) is 1. The van der Waals surface area contributed by atoms with Gasteiger partial charge in [-0.05, 0) is 36.1 Å². The van der Waals surface area contributed by atoms with Gasteiger partial charge in [0.25, 0.3) is 0 Å². The van der Waals surface area contributed by atoms with Crippen LogP contribution in [0, 0.1) is 5.41 Å². The Hall–Kier alpha value is -1.11. The molecule has 0 saturated heterocycles. The fraction of sp³-hybridized carbons (Fsp3) is 0.571. The fourth-order valence-corrected chi connectivity index (χ4v) is 2.63. The molecule has 0 heterocycles. The van der Waals surface area contributed by atoms with Gasteiger partial charge >= 0.3 is 0 Å². The van der Waals surface area contributed by atoms with Gasteiger partial charge in [0.15, 0.2) is 0 Å². The first kappa shape index (κ1) is 16.9. The summed E-state index contributed by atoms with van der Waals surface area (Å²) in [6, 6.07) is 6.34. The molecule has 1 aromatic rings. The molecule has 0 spiro atoms. The Morgan fingerprint density at radius 3 is 2.35 bits per heavy atom. The van der Waals surface area contributed by atoms with Crippen LogP contribution in [0.5, 0.6) is 5.75 Å². The van der Waals surface area contributed by atoms with E-state index in [-0.39, 0.29) is 10.3 Å². The number of hydrogen-bond acceptors (Lipinski definition) is 4. The first-order valence-electron chi connectivity index (χ1n) is 6.73. The normalized spacial score (nSPS) is 12.4. The van der Waals surface area contributed by atoms with E-state index in [0.717, 1.165) is 6.42 Å². The summed E-state index contributed by atoms with van der Waals surface area (Å²) in [6.45, 7) is 7.34. The number of benzene rings is 1. The lowest BCUT2D eigenvalue weighted by Crippen LogP contribution is -2.33. The van der Waals surface area contributed by atoms with Crippen LogP contribution in [0.25, 0.3) is 0 Å². The SMILES string of the molecule is CCC(C)(C)CNS(=O)(=O)c1ccc(OCCN)cc1. The minimum Gasteiger partial charge on any atom is -0.492 e. The van der Waals surface area contributed by atoms with E-state index in [0.29, 0.717) is 25.4 Å². The van der Waals surface area contributed by atoms with Gasteiger partial charge in [0.1, 0.15) is 12.4 Å². The lowest BCUT2D eigenvalue weighted by atomic mass is 9.91. The van der Waals surface area contributed by atoms with Crippen LogP contribution in [0.15, 0.2) is 29.2 Å². The van der Waals surface area contributed by atoms with Crippen molar-refractivity contribution >= 4 is 10.0 Å². The van der Waals surface area contributed by atoms with Gasteiger partial charge in [-0.1, -0.05) is 20.8 Å². The van der Waals surface area contributed by atoms with E-state index in [1.54, 1.807) is 12.1 Å². The molecule has 0 atom stereocenters. The quantitative estimate of drug-likeness (QED) is 0.766. The first-order valence-corrected chi connectivity index (χ1v) is 8.21. The van der Waals surface area contributed by atoms with Gasteiger partial charge in [-0.2, -0.15) is 0 Å². The summed E-state index contributed by atoms with van der Waals surface area (Å²) in [7, 11) is -3.47. The molecule has 0 bridgehead atoms. The number of nitrogens with two attached hydrogens (primary N) is 1. The third-order valence-corrected chi connectivity index (χ3v) is 4.64. The van der Waals surface area contributed by atoms with Crippen molar-refractivity contribution in [2.45, 2.75) is 32.1 Å². The molecule has 6 heteroatoms. The molecule has 0 saturated carbocycles. The van der Waals surface area contributed by atoms with Gasteiger partial charge in [0.2, 0.25) is 10.0 Å². The molecule has 0 unspecified atom stereocenters. The molecule has 0 aromatic heterocycles. The lowest BCUT2D eigenvalue weighted by Gasteiger charge is -2.22. The summed E-state index contributed by atoms with van der Waals surface area (Å²) in [5.74, 6) is 0.614. The van der Waals surface area contributed by atoms with Crippen LogP contribution in [0.4, 0.5) is 0 Å². The van der Waals surface area contributed by atoms with Crippen LogP contribution in [-0.2, 0) is 10.0 Å². The molecule has 0 aliphatic carbocycles. The molecule has 1 aromatic carbocycles. The van der Waals surface area contributed by atoms with Crippen molar-refractivity contribution in [2.24, 2.45) is 11.1 Å². The molecule has 0 aliphatic heterocycles. The van der Waals surface area contributed by atoms with Crippen molar-refractivity contribution in [1.29, 1.82) is 0 Å². The number of rotatable bonds is 8. The molecule has 114 valence electrons. The third-order valence-electron chi connectivity index (χ3n) is 3.22. The Morgan fingerprint density at radius 2 is 1.85 bits per heavy atom. The standard InChI is InChI=1S/C14H24N2O3S/c1-4-14(2,3)11-16-20(17,18)13-7-5-12(6-8-13)19-10-9-15/h5-8,16H,4,9-11,15H2,1-3H3. The maximum Gasteiger partial charge on any atom is 0.240 e. The van der Waals surface area contributed by atoms with Crippen LogP contribution >= 0.6 is 0 Å². The molecule has 3 N–H and O–H groups in total. The van der Waals surface area contributed by atoms with Crippen LogP contribution in [0.2, 0.25) is 0 Å². The van der Waals surface area contributed by atoms with Crippen LogP contribution in [0.3, 0.4) is 0 Å². The molecule has 0 amide bonds. The second-order valence-electron chi connectivity index (χ2n) is 5.45. The molecule has 1 rings (SSSR count). The smallest absolute Gasteiger partial charge is 0.240 e. The van der Waals surface area contributed by atoms with E-state index in [9.17, 15) is 8.42 Å². The van der Waals surface area contributed by atoms with Gasteiger partial charge in [-0.3, -0.25) is 0 Å². The van der Waals surface area contributed by atoms with E-state index in [2.05, 4.69) is 4.72 Å². The van der Waals surface area contributed by atoms with Crippen molar-refractivity contribution in [3.63, 3.8) is 0 Å². The van der Waals surface area contributed by atoms with E-state index in [1.165, 1.54) is 12.1 Å². The highest BCUT2D eigenvalue weighted by atomic mass is 32.2. The zero-order chi connectivity index (χ0) is 15.2. The average molecular weight is 300 g/mol. The van der Waals surface area contributed by atoms with E-state index < -0.39 is 10.0 Å². The van der Waals surface area contributed by atoms with Crippen molar-refractivity contribution in [1.82, 2.24) is 4.72 Å². The molecule has 20 heavy (non-hydrogen) atoms. The fourth-order valence-electron chi connectivity index (χ4n) is 1.39. The van der Waals surface area contributed by atoms with Crippen molar-refractivity contribution in [3.8, 4) is 5.75 Å². The second-order valence-corrected chi connectivity index (χ2v) is 7.22. The molecular formula is C14H24N2O3S. The maximum absolute atomic E-state index is 12.1. The predicted molar refractivity (Wildman–Crippen MR) is 80.3 cm³/mol. The number of ether oxygens (including phenoxy) is 1. The molecule has 0 radical (unpaired) electrons. The number of hydrogen-bond donors (Lipinski definition) is 2. The first-order chi connectivity index (χ1) is 9.30. The molecule has 0 aliphatic rings. The van der Waals surface area contributed by atoms with E-state index in [1.807, 2.05) is 20.8 Å². The Kier molecular flexibility index (Phi) is 5.98. The number of sulfonamides is 1. The van der Waals surface area contributed by atoms with Crippen LogP contribution in [-0.4, -0.2) is 28.1 Å². The zero-order valence-corrected chi connectivity index (χ0v) is 13.2. The van der Waals surface area contributed by atoms with Crippen LogP contribution < -0.4 is 15.2 Å². The van der Waals surface area contributed by atoms with E-state index >= 15 is 0 Å². The van der Waals surface area contributed by atoms with Gasteiger partial charge in [0, 0.05) is 13.1 Å². The van der Waals surface area contributed by atoms with Gasteiger partial charge in [-0.15, -0.1) is 0 Å². The minimum atomic E-state index is -3.47. The summed E-state index contributed by atoms with van der Waals surface area (Å²) >= 11 is 0. The van der Waals surface area contributed by atoms with Gasteiger partial charge in [-0.25, -0.2) is 13.1 Å². The van der Waals surface area contributed by atoms with Crippen LogP contribution in [0.1, 0.15) is 27.2 Å². The summed E-state index contributed by atoms with van der Waals surface area (Å²) in [6.07, 6.45) is 0.904. The Labute approximate surface area is 121 Å². The van der Waals surface area contributed by atoms with Crippen molar-refractivity contribution in [3.05, 3.63) is 24.3 Å². The average Bonchev–Trinajstić information content (AvgIpc) is 2.44. The van der Waals surface area contributed by atoms with Crippen molar-refractivity contribution < 1.29 is 13.2 Å². The predicted octanol–water partition coefficient (Wildman–Crippen LogP) is 1.74. The van der Waals surface area contributed by atoms with Crippen molar-refractivity contribution in [2.75, 3.05) is 19.7 Å². The Bertz CT molecular complexity index is 510. The Morgan fingerprint density at radius 1 is 1.25 bits per heavy atom. The minimum absolute atomic E-state index is 0.0583. The zero-order valence-electron chi connectivity index (χ0n) is 12.3. The molecule has 5 nitrogen and oxygen atoms in total. The highest BCUT2D eigenvalue weighted by Crippen LogP contribution is 2.20. The van der Waals surface area contributed by atoms with Gasteiger partial charge in [0.05, 0.1) is 4.90 Å². The van der Waals surface area contributed by atoms with E-state index in [4.69, 9.17) is 10.5 Å². The summed E-state index contributed by atoms with van der Waals surface area (Å²) in [5, 5.41) is 0. The monoisotopic (exact) mass is 300 g/mol. The summed E-state index contributed by atoms with van der Waals surface area (Å²) < 4.78 is 32.3. The molecular weight excluding hydrogens is 276 g/mol. The topological polar surface area (TPSA) is 81.4 Å². The molecule has 0 fully saturated rings.